The van der Waals surface area contributed by atoms with Gasteiger partial charge in [-0.15, -0.1) is 0 Å². The van der Waals surface area contributed by atoms with E-state index in [0.29, 0.717) is 5.56 Å². The van der Waals surface area contributed by atoms with Gasteiger partial charge in [-0.05, 0) is 26.0 Å². The SMILES string of the molecule is CCCNC(C)c1cc([N+](=O)[O-])ccc1O. The van der Waals surface area contributed by atoms with Crippen LogP contribution in [0.1, 0.15) is 31.9 Å². The normalized spacial score (nSPS) is 12.4. The van der Waals surface area contributed by atoms with Crippen molar-refractivity contribution in [2.45, 2.75) is 26.3 Å². The lowest BCUT2D eigenvalue weighted by molar-refractivity contribution is -0.385. The first-order valence-electron chi connectivity index (χ1n) is 5.27. The molecule has 0 saturated carbocycles. The fourth-order valence-corrected chi connectivity index (χ4v) is 1.47. The predicted molar refractivity (Wildman–Crippen MR) is 61.5 cm³/mol. The summed E-state index contributed by atoms with van der Waals surface area (Å²) in [6.07, 6.45) is 0.972. The lowest BCUT2D eigenvalue weighted by Crippen LogP contribution is -2.19. The number of nitro groups is 1. The first kappa shape index (κ1) is 12.4. The van der Waals surface area contributed by atoms with Crippen molar-refractivity contribution in [3.05, 3.63) is 33.9 Å². The van der Waals surface area contributed by atoms with Crippen molar-refractivity contribution in [3.63, 3.8) is 0 Å². The fraction of sp³-hybridized carbons (Fsp3) is 0.455. The van der Waals surface area contributed by atoms with Crippen molar-refractivity contribution in [2.75, 3.05) is 6.54 Å². The molecule has 0 aromatic heterocycles. The van der Waals surface area contributed by atoms with Crippen LogP contribution in [0.15, 0.2) is 18.2 Å². The highest BCUT2D eigenvalue weighted by Crippen LogP contribution is 2.28. The molecule has 1 rings (SSSR count). The summed E-state index contributed by atoms with van der Waals surface area (Å²) in [5, 5.41) is 23.4. The number of hydrogen-bond donors (Lipinski definition) is 2. The van der Waals surface area contributed by atoms with E-state index in [-0.39, 0.29) is 17.5 Å². The molecule has 1 aromatic rings. The van der Waals surface area contributed by atoms with E-state index in [2.05, 4.69) is 5.32 Å². The van der Waals surface area contributed by atoms with Crippen LogP contribution in [0, 0.1) is 10.1 Å². The second-order valence-corrected chi connectivity index (χ2v) is 3.68. The zero-order valence-corrected chi connectivity index (χ0v) is 9.43. The molecule has 88 valence electrons. The van der Waals surface area contributed by atoms with Crippen molar-refractivity contribution in [2.24, 2.45) is 0 Å². The van der Waals surface area contributed by atoms with Gasteiger partial charge in [0.05, 0.1) is 4.92 Å². The second kappa shape index (κ2) is 5.46. The zero-order valence-electron chi connectivity index (χ0n) is 9.43. The molecule has 1 atom stereocenters. The monoisotopic (exact) mass is 224 g/mol. The molecule has 0 bridgehead atoms. The van der Waals surface area contributed by atoms with Crippen LogP contribution in [0.5, 0.6) is 5.75 Å². The molecular weight excluding hydrogens is 208 g/mol. The molecule has 5 heteroatoms. The van der Waals surface area contributed by atoms with E-state index in [1.54, 1.807) is 0 Å². The van der Waals surface area contributed by atoms with Gasteiger partial charge in [0.25, 0.3) is 5.69 Å². The fourth-order valence-electron chi connectivity index (χ4n) is 1.47. The van der Waals surface area contributed by atoms with Crippen LogP contribution in [0.2, 0.25) is 0 Å². The Balaban J connectivity index is 2.92. The minimum atomic E-state index is -0.463. The van der Waals surface area contributed by atoms with E-state index in [1.165, 1.54) is 18.2 Å². The van der Waals surface area contributed by atoms with Gasteiger partial charge in [-0.3, -0.25) is 10.1 Å². The van der Waals surface area contributed by atoms with Gasteiger partial charge in [-0.2, -0.15) is 0 Å². The Labute approximate surface area is 94.3 Å². The number of benzene rings is 1. The second-order valence-electron chi connectivity index (χ2n) is 3.68. The Morgan fingerprint density at radius 1 is 1.56 bits per heavy atom. The molecule has 0 heterocycles. The Hall–Kier alpha value is -1.62. The Morgan fingerprint density at radius 3 is 2.81 bits per heavy atom. The molecular formula is C11H16N2O3. The maximum Gasteiger partial charge on any atom is 0.270 e. The number of phenolic OH excluding ortho intramolecular Hbond substituents is 1. The van der Waals surface area contributed by atoms with Crippen LogP contribution < -0.4 is 5.32 Å². The quantitative estimate of drug-likeness (QED) is 0.594. The number of rotatable bonds is 5. The number of hydrogen-bond acceptors (Lipinski definition) is 4. The summed E-state index contributed by atoms with van der Waals surface area (Å²) in [7, 11) is 0. The molecule has 0 spiro atoms. The van der Waals surface area contributed by atoms with E-state index < -0.39 is 4.92 Å². The van der Waals surface area contributed by atoms with Crippen LogP contribution in [0.4, 0.5) is 5.69 Å². The van der Waals surface area contributed by atoms with E-state index in [4.69, 9.17) is 0 Å². The van der Waals surface area contributed by atoms with Crippen LogP contribution in [0.25, 0.3) is 0 Å². The Kier molecular flexibility index (Phi) is 4.25. The lowest BCUT2D eigenvalue weighted by Gasteiger charge is -2.14. The maximum atomic E-state index is 10.6. The van der Waals surface area contributed by atoms with Gasteiger partial charge in [-0.1, -0.05) is 6.92 Å². The lowest BCUT2D eigenvalue weighted by atomic mass is 10.1. The average Bonchev–Trinajstić information content (AvgIpc) is 2.26. The van der Waals surface area contributed by atoms with Crippen molar-refractivity contribution >= 4 is 5.69 Å². The van der Waals surface area contributed by atoms with Crippen LogP contribution >= 0.6 is 0 Å². The third kappa shape index (κ3) is 2.93. The molecule has 0 amide bonds. The minimum absolute atomic E-state index is 0.00190. The number of phenols is 1. The average molecular weight is 224 g/mol. The molecule has 2 N–H and O–H groups in total. The van der Waals surface area contributed by atoms with E-state index in [1.807, 2.05) is 13.8 Å². The molecule has 5 nitrogen and oxygen atoms in total. The molecule has 0 aliphatic rings. The smallest absolute Gasteiger partial charge is 0.270 e. The highest BCUT2D eigenvalue weighted by molar-refractivity contribution is 5.44. The van der Waals surface area contributed by atoms with Gasteiger partial charge in [0.15, 0.2) is 0 Å². The van der Waals surface area contributed by atoms with Gasteiger partial charge in [-0.25, -0.2) is 0 Å². The molecule has 0 saturated heterocycles. The van der Waals surface area contributed by atoms with E-state index in [9.17, 15) is 15.2 Å². The van der Waals surface area contributed by atoms with Gasteiger partial charge in [0.2, 0.25) is 0 Å². The third-order valence-corrected chi connectivity index (χ3v) is 2.39. The van der Waals surface area contributed by atoms with E-state index in [0.717, 1.165) is 13.0 Å². The summed E-state index contributed by atoms with van der Waals surface area (Å²) < 4.78 is 0. The van der Waals surface area contributed by atoms with Gasteiger partial charge < -0.3 is 10.4 Å². The molecule has 16 heavy (non-hydrogen) atoms. The van der Waals surface area contributed by atoms with Crippen LogP contribution in [0.3, 0.4) is 0 Å². The molecule has 0 radical (unpaired) electrons. The van der Waals surface area contributed by atoms with Gasteiger partial charge in [0.1, 0.15) is 5.75 Å². The van der Waals surface area contributed by atoms with Crippen molar-refractivity contribution in [1.29, 1.82) is 0 Å². The summed E-state index contributed by atoms with van der Waals surface area (Å²) >= 11 is 0. The summed E-state index contributed by atoms with van der Waals surface area (Å²) in [6, 6.07) is 3.96. The van der Waals surface area contributed by atoms with Crippen LogP contribution in [-0.2, 0) is 0 Å². The number of nitrogens with one attached hydrogen (secondary N) is 1. The van der Waals surface area contributed by atoms with Crippen LogP contribution in [-0.4, -0.2) is 16.6 Å². The summed E-state index contributed by atoms with van der Waals surface area (Å²) in [4.78, 5) is 10.1. The van der Waals surface area contributed by atoms with Gasteiger partial charge in [0, 0.05) is 23.7 Å². The molecule has 0 aliphatic carbocycles. The zero-order chi connectivity index (χ0) is 12.1. The van der Waals surface area contributed by atoms with E-state index >= 15 is 0 Å². The molecule has 1 unspecified atom stereocenters. The maximum absolute atomic E-state index is 10.6. The number of nitrogens with zero attached hydrogens (tertiary/aromatic N) is 1. The highest BCUT2D eigenvalue weighted by atomic mass is 16.6. The van der Waals surface area contributed by atoms with Crippen molar-refractivity contribution in [3.8, 4) is 5.75 Å². The first-order chi connectivity index (χ1) is 7.56. The first-order valence-corrected chi connectivity index (χ1v) is 5.27. The topological polar surface area (TPSA) is 75.4 Å². The predicted octanol–water partition coefficient (Wildman–Crippen LogP) is 2.36. The molecule has 1 aromatic carbocycles. The highest BCUT2D eigenvalue weighted by Gasteiger charge is 2.14. The Bertz CT molecular complexity index is 379. The van der Waals surface area contributed by atoms with Gasteiger partial charge >= 0.3 is 0 Å². The van der Waals surface area contributed by atoms with Crippen molar-refractivity contribution in [1.82, 2.24) is 5.32 Å². The summed E-state index contributed by atoms with van der Waals surface area (Å²) in [5.74, 6) is 0.0849. The minimum Gasteiger partial charge on any atom is -0.508 e. The number of non-ortho nitro benzene ring substituents is 1. The standard InChI is InChI=1S/C11H16N2O3/c1-3-6-12-8(2)10-7-9(13(15)16)4-5-11(10)14/h4-5,7-8,12,14H,3,6H2,1-2H3. The third-order valence-electron chi connectivity index (χ3n) is 2.39. The molecule has 0 aliphatic heterocycles. The molecule has 0 fully saturated rings. The number of aromatic hydroxyl groups is 1. The Morgan fingerprint density at radius 2 is 2.25 bits per heavy atom. The summed E-state index contributed by atoms with van der Waals surface area (Å²) in [5.41, 5.74) is 0.556. The van der Waals surface area contributed by atoms with Crippen molar-refractivity contribution < 1.29 is 10.0 Å². The summed E-state index contributed by atoms with van der Waals surface area (Å²) in [6.45, 7) is 4.71. The largest absolute Gasteiger partial charge is 0.508 e. The number of nitro benzene ring substituents is 1.